The molecule has 0 saturated carbocycles. The average Bonchev–Trinajstić information content (AvgIpc) is 3.14. The number of carbonyl (C=O) groups is 1. The fourth-order valence-corrected chi connectivity index (χ4v) is 4.33. The van der Waals surface area contributed by atoms with Gasteiger partial charge in [0, 0.05) is 48.4 Å². The number of anilines is 3. The zero-order valence-electron chi connectivity index (χ0n) is 19.1. The van der Waals surface area contributed by atoms with E-state index in [0.717, 1.165) is 24.5 Å². The van der Waals surface area contributed by atoms with E-state index in [2.05, 4.69) is 56.9 Å². The number of carbonyl (C=O) groups excluding carboxylic acids is 1. The number of nitrogens with one attached hydrogen (secondary N) is 4. The predicted molar refractivity (Wildman–Crippen MR) is 132 cm³/mol. The van der Waals surface area contributed by atoms with Crippen molar-refractivity contribution in [3.8, 4) is 0 Å². The van der Waals surface area contributed by atoms with Crippen LogP contribution in [0.5, 0.6) is 0 Å². The number of benzene rings is 1. The Morgan fingerprint density at radius 3 is 2.73 bits per heavy atom. The number of hydrogen-bond acceptors (Lipinski definition) is 6. The van der Waals surface area contributed by atoms with Gasteiger partial charge in [0.25, 0.3) is 0 Å². The summed E-state index contributed by atoms with van der Waals surface area (Å²) in [5.41, 5.74) is 5.54. The number of amides is 2. The smallest absolute Gasteiger partial charge is 0.320 e. The van der Waals surface area contributed by atoms with E-state index in [0.29, 0.717) is 17.1 Å². The number of rotatable bonds is 6. The molecule has 1 saturated heterocycles. The quantitative estimate of drug-likeness (QED) is 0.430. The highest BCUT2D eigenvalue weighted by Crippen LogP contribution is 2.29. The molecule has 2 atom stereocenters. The van der Waals surface area contributed by atoms with Gasteiger partial charge in [0.2, 0.25) is 0 Å². The molecule has 1 aromatic carbocycles. The minimum absolute atomic E-state index is 0.00539. The van der Waals surface area contributed by atoms with Crippen LogP contribution in [0.1, 0.15) is 28.3 Å². The van der Waals surface area contributed by atoms with Crippen LogP contribution < -0.4 is 16.0 Å². The zero-order valence-corrected chi connectivity index (χ0v) is 19.1. The molecule has 0 aliphatic carbocycles. The van der Waals surface area contributed by atoms with E-state index in [1.807, 2.05) is 31.2 Å². The van der Waals surface area contributed by atoms with Gasteiger partial charge in [0.15, 0.2) is 0 Å². The summed E-state index contributed by atoms with van der Waals surface area (Å²) in [7, 11) is 2.07. The van der Waals surface area contributed by atoms with Crippen LogP contribution in [0.4, 0.5) is 22.0 Å². The second-order valence-electron chi connectivity index (χ2n) is 8.50. The molecule has 4 rings (SSSR count). The van der Waals surface area contributed by atoms with Crippen molar-refractivity contribution < 1.29 is 4.79 Å². The first-order valence-electron chi connectivity index (χ1n) is 10.9. The Labute approximate surface area is 194 Å². The maximum atomic E-state index is 12.8. The van der Waals surface area contributed by atoms with Crippen LogP contribution in [0.3, 0.4) is 0 Å². The molecular formula is C25H29N7O. The Morgan fingerprint density at radius 1 is 1.15 bits per heavy atom. The number of aryl methyl sites for hydroxylation is 2. The third-order valence-corrected chi connectivity index (χ3v) is 5.92. The van der Waals surface area contributed by atoms with Gasteiger partial charge in [-0.3, -0.25) is 10.3 Å². The van der Waals surface area contributed by atoms with Crippen molar-refractivity contribution in [2.45, 2.75) is 25.8 Å². The van der Waals surface area contributed by atoms with E-state index in [-0.39, 0.29) is 18.0 Å². The topological polar surface area (TPSA) is 106 Å². The molecule has 1 aliphatic heterocycles. The lowest BCUT2D eigenvalue weighted by atomic mass is 9.91. The van der Waals surface area contributed by atoms with Crippen molar-refractivity contribution in [1.29, 1.82) is 5.41 Å². The SMILES string of the molecule is Cc1cc(Nc2cnc(NC(=O)N[C@H]3CN(C)C[C@@H]3c3ccccc3C)cc2C=N)ccn1. The second kappa shape index (κ2) is 9.79. The molecule has 3 heterocycles. The lowest BCUT2D eigenvalue weighted by Gasteiger charge is -2.22. The molecule has 0 radical (unpaired) electrons. The molecule has 1 fully saturated rings. The van der Waals surface area contributed by atoms with Crippen molar-refractivity contribution in [3.63, 3.8) is 0 Å². The molecule has 8 nitrogen and oxygen atoms in total. The summed E-state index contributed by atoms with van der Waals surface area (Å²) < 4.78 is 0. The molecule has 8 heteroatoms. The van der Waals surface area contributed by atoms with Crippen LogP contribution in [-0.2, 0) is 0 Å². The van der Waals surface area contributed by atoms with Crippen molar-refractivity contribution >= 4 is 29.4 Å². The first-order chi connectivity index (χ1) is 15.9. The van der Waals surface area contributed by atoms with Gasteiger partial charge in [0.1, 0.15) is 5.82 Å². The summed E-state index contributed by atoms with van der Waals surface area (Å²) in [5, 5.41) is 17.0. The Morgan fingerprint density at radius 2 is 1.97 bits per heavy atom. The maximum absolute atomic E-state index is 12.8. The summed E-state index contributed by atoms with van der Waals surface area (Å²) in [4.78, 5) is 23.6. The van der Waals surface area contributed by atoms with Gasteiger partial charge in [-0.2, -0.15) is 0 Å². The molecule has 2 amide bonds. The largest absolute Gasteiger partial charge is 0.354 e. The Bertz CT molecular complexity index is 1160. The van der Waals surface area contributed by atoms with Crippen LogP contribution >= 0.6 is 0 Å². The number of pyridine rings is 2. The number of likely N-dealkylation sites (tertiary alicyclic amines) is 1. The minimum atomic E-state index is -0.303. The predicted octanol–water partition coefficient (Wildman–Crippen LogP) is 4.05. The number of hydrogen-bond donors (Lipinski definition) is 4. The van der Waals surface area contributed by atoms with E-state index in [4.69, 9.17) is 5.41 Å². The molecule has 0 spiro atoms. The average molecular weight is 444 g/mol. The Hall–Kier alpha value is -3.78. The zero-order chi connectivity index (χ0) is 23.4. The number of urea groups is 1. The van der Waals surface area contributed by atoms with Gasteiger partial charge in [-0.05, 0) is 50.2 Å². The first-order valence-corrected chi connectivity index (χ1v) is 10.9. The number of aromatic nitrogens is 2. The Kier molecular flexibility index (Phi) is 6.65. The summed E-state index contributed by atoms with van der Waals surface area (Å²) in [5.74, 6) is 0.615. The van der Waals surface area contributed by atoms with E-state index in [1.54, 1.807) is 18.5 Å². The normalized spacial score (nSPS) is 18.0. The van der Waals surface area contributed by atoms with Crippen LogP contribution in [0.2, 0.25) is 0 Å². The van der Waals surface area contributed by atoms with Crippen LogP contribution in [0.25, 0.3) is 0 Å². The van der Waals surface area contributed by atoms with Gasteiger partial charge in [0.05, 0.1) is 17.9 Å². The summed E-state index contributed by atoms with van der Waals surface area (Å²) in [6, 6.07) is 13.5. The third kappa shape index (κ3) is 5.35. The molecule has 3 aromatic rings. The number of nitrogens with zero attached hydrogens (tertiary/aromatic N) is 3. The lowest BCUT2D eigenvalue weighted by Crippen LogP contribution is -2.42. The van der Waals surface area contributed by atoms with Crippen LogP contribution in [0, 0.1) is 19.3 Å². The molecule has 0 bridgehead atoms. The van der Waals surface area contributed by atoms with Crippen LogP contribution in [-0.4, -0.2) is 53.3 Å². The first kappa shape index (κ1) is 22.4. The monoisotopic (exact) mass is 443 g/mol. The summed E-state index contributed by atoms with van der Waals surface area (Å²) >= 11 is 0. The van der Waals surface area contributed by atoms with Gasteiger partial charge in [-0.1, -0.05) is 24.3 Å². The Balaban J connectivity index is 1.44. The molecule has 1 aliphatic rings. The highest BCUT2D eigenvalue weighted by Gasteiger charge is 2.33. The summed E-state index contributed by atoms with van der Waals surface area (Å²) in [6.07, 6.45) is 4.58. The molecule has 4 N–H and O–H groups in total. The minimum Gasteiger partial charge on any atom is -0.354 e. The van der Waals surface area contributed by atoms with Crippen molar-refractivity contribution in [2.24, 2.45) is 0 Å². The molecule has 170 valence electrons. The van der Waals surface area contributed by atoms with Gasteiger partial charge in [-0.15, -0.1) is 0 Å². The summed E-state index contributed by atoms with van der Waals surface area (Å²) in [6.45, 7) is 5.69. The molecule has 33 heavy (non-hydrogen) atoms. The highest BCUT2D eigenvalue weighted by molar-refractivity contribution is 5.92. The van der Waals surface area contributed by atoms with E-state index < -0.39 is 0 Å². The highest BCUT2D eigenvalue weighted by atomic mass is 16.2. The third-order valence-electron chi connectivity index (χ3n) is 5.92. The van der Waals surface area contributed by atoms with Gasteiger partial charge in [-0.25, -0.2) is 9.78 Å². The van der Waals surface area contributed by atoms with E-state index in [9.17, 15) is 4.79 Å². The van der Waals surface area contributed by atoms with E-state index in [1.165, 1.54) is 17.3 Å². The lowest BCUT2D eigenvalue weighted by molar-refractivity contribution is 0.247. The maximum Gasteiger partial charge on any atom is 0.320 e. The molecule has 0 unspecified atom stereocenters. The molecular weight excluding hydrogens is 414 g/mol. The van der Waals surface area contributed by atoms with Gasteiger partial charge >= 0.3 is 6.03 Å². The second-order valence-corrected chi connectivity index (χ2v) is 8.50. The van der Waals surface area contributed by atoms with Crippen molar-refractivity contribution in [2.75, 3.05) is 30.8 Å². The van der Waals surface area contributed by atoms with Crippen molar-refractivity contribution in [1.82, 2.24) is 20.2 Å². The fraction of sp³-hybridized carbons (Fsp3) is 0.280. The number of likely N-dealkylation sites (N-methyl/N-ethyl adjacent to an activating group) is 1. The van der Waals surface area contributed by atoms with E-state index >= 15 is 0 Å². The molecule has 2 aromatic heterocycles. The standard InChI is InChI=1S/C25H29N7O/c1-16-6-4-5-7-20(16)21-14-32(3)15-23(21)30-25(33)31-24-11-18(12-26)22(13-28-24)29-19-8-9-27-17(2)10-19/h4-13,21,23,26H,14-15H2,1-3H3,(H,27,29)(H2,28,30,31,33)/t21-,23+/m1/s1. The van der Waals surface area contributed by atoms with Crippen LogP contribution in [0.15, 0.2) is 54.9 Å². The fourth-order valence-electron chi connectivity index (χ4n) is 4.33. The van der Waals surface area contributed by atoms with Gasteiger partial charge < -0.3 is 20.9 Å². The van der Waals surface area contributed by atoms with Crippen molar-refractivity contribution in [3.05, 3.63) is 77.2 Å².